The molecule has 2 aliphatic rings. The Balaban J connectivity index is 1.57. The van der Waals surface area contributed by atoms with Crippen LogP contribution >= 0.6 is 0 Å². The monoisotopic (exact) mass is 246 g/mol. The van der Waals surface area contributed by atoms with Crippen molar-refractivity contribution in [1.82, 2.24) is 9.97 Å². The largest absolute Gasteiger partial charge is 0.341 e. The first-order valence-electron chi connectivity index (χ1n) is 6.68. The highest BCUT2D eigenvalue weighted by Crippen LogP contribution is 2.32. The first-order chi connectivity index (χ1) is 8.81. The molecule has 1 aromatic heterocycles. The van der Waals surface area contributed by atoms with Gasteiger partial charge in [-0.25, -0.2) is 9.97 Å². The van der Waals surface area contributed by atoms with Crippen molar-refractivity contribution in [3.05, 3.63) is 12.4 Å². The molecule has 1 saturated heterocycles. The van der Waals surface area contributed by atoms with Crippen LogP contribution in [0.3, 0.4) is 0 Å². The zero-order valence-electron chi connectivity index (χ0n) is 10.4. The van der Waals surface area contributed by atoms with Crippen LogP contribution in [0.15, 0.2) is 12.4 Å². The van der Waals surface area contributed by atoms with Gasteiger partial charge in [0.05, 0.1) is 18.1 Å². The van der Waals surface area contributed by atoms with Gasteiger partial charge < -0.3 is 10.2 Å². The van der Waals surface area contributed by atoms with Crippen molar-refractivity contribution in [1.29, 1.82) is 0 Å². The number of carbonyl (C=O) groups excluding carboxylic acids is 1. The summed E-state index contributed by atoms with van der Waals surface area (Å²) in [5, 5.41) is 2.85. The smallest absolute Gasteiger partial charge is 0.225 e. The van der Waals surface area contributed by atoms with E-state index >= 15 is 0 Å². The maximum atomic E-state index is 11.6. The number of amides is 1. The number of anilines is 2. The molecule has 5 heteroatoms. The molecule has 2 fully saturated rings. The van der Waals surface area contributed by atoms with Gasteiger partial charge in [-0.1, -0.05) is 0 Å². The molecule has 2 heterocycles. The lowest BCUT2D eigenvalue weighted by Gasteiger charge is -2.14. The fraction of sp³-hybridized carbons (Fsp3) is 0.615. The van der Waals surface area contributed by atoms with Crippen LogP contribution in [0.5, 0.6) is 0 Å². The average Bonchev–Trinajstić information content (AvgIpc) is 3.01. The zero-order valence-corrected chi connectivity index (χ0v) is 10.4. The van der Waals surface area contributed by atoms with Crippen LogP contribution in [-0.2, 0) is 4.79 Å². The number of nitrogens with one attached hydrogen (secondary N) is 1. The molecule has 0 atom stereocenters. The molecule has 1 aromatic rings. The molecule has 0 bridgehead atoms. The van der Waals surface area contributed by atoms with E-state index in [2.05, 4.69) is 20.2 Å². The van der Waals surface area contributed by atoms with Gasteiger partial charge in [0.15, 0.2) is 0 Å². The molecular formula is C13H18N4O. The molecule has 96 valence electrons. The van der Waals surface area contributed by atoms with E-state index < -0.39 is 0 Å². The molecular weight excluding hydrogens is 228 g/mol. The van der Waals surface area contributed by atoms with E-state index in [9.17, 15) is 4.79 Å². The molecule has 1 aliphatic heterocycles. The molecule has 18 heavy (non-hydrogen) atoms. The third-order valence-electron chi connectivity index (χ3n) is 3.48. The van der Waals surface area contributed by atoms with E-state index in [4.69, 9.17) is 0 Å². The van der Waals surface area contributed by atoms with Crippen LogP contribution in [0.25, 0.3) is 0 Å². The Labute approximate surface area is 107 Å². The number of aromatic nitrogens is 2. The van der Waals surface area contributed by atoms with E-state index in [1.807, 2.05) is 0 Å². The SMILES string of the molecule is O=C(CC1CC1)Nc1cnc(N2CCCC2)nc1. The van der Waals surface area contributed by atoms with Gasteiger partial charge in [-0.15, -0.1) is 0 Å². The summed E-state index contributed by atoms with van der Waals surface area (Å²) >= 11 is 0. The zero-order chi connectivity index (χ0) is 12.4. The predicted octanol–water partition coefficient (Wildman–Crippen LogP) is 1.82. The Morgan fingerprint density at radius 2 is 1.94 bits per heavy atom. The molecule has 0 unspecified atom stereocenters. The highest BCUT2D eigenvalue weighted by molar-refractivity contribution is 5.90. The minimum atomic E-state index is 0.0787. The lowest BCUT2D eigenvalue weighted by molar-refractivity contribution is -0.116. The molecule has 5 nitrogen and oxygen atoms in total. The normalized spacial score (nSPS) is 19.0. The van der Waals surface area contributed by atoms with Crippen LogP contribution in [0, 0.1) is 5.92 Å². The van der Waals surface area contributed by atoms with Gasteiger partial charge in [-0.05, 0) is 31.6 Å². The van der Waals surface area contributed by atoms with Crippen molar-refractivity contribution >= 4 is 17.5 Å². The van der Waals surface area contributed by atoms with Gasteiger partial charge in [0, 0.05) is 19.5 Å². The van der Waals surface area contributed by atoms with Gasteiger partial charge >= 0.3 is 0 Å². The van der Waals surface area contributed by atoms with Gasteiger partial charge in [0.1, 0.15) is 0 Å². The van der Waals surface area contributed by atoms with Crippen LogP contribution < -0.4 is 10.2 Å². The van der Waals surface area contributed by atoms with E-state index in [1.165, 1.54) is 25.7 Å². The summed E-state index contributed by atoms with van der Waals surface area (Å²) in [5.41, 5.74) is 0.698. The van der Waals surface area contributed by atoms with E-state index in [-0.39, 0.29) is 5.91 Å². The highest BCUT2D eigenvalue weighted by Gasteiger charge is 2.24. The molecule has 0 aromatic carbocycles. The van der Waals surface area contributed by atoms with Crippen molar-refractivity contribution in [2.45, 2.75) is 32.1 Å². The van der Waals surface area contributed by atoms with Crippen molar-refractivity contribution in [3.63, 3.8) is 0 Å². The molecule has 1 N–H and O–H groups in total. The van der Waals surface area contributed by atoms with Gasteiger partial charge in [0.2, 0.25) is 11.9 Å². The lowest BCUT2D eigenvalue weighted by atomic mass is 10.3. The number of rotatable bonds is 4. The molecule has 0 radical (unpaired) electrons. The highest BCUT2D eigenvalue weighted by atomic mass is 16.1. The van der Waals surface area contributed by atoms with E-state index in [0.717, 1.165) is 19.0 Å². The fourth-order valence-electron chi connectivity index (χ4n) is 2.26. The van der Waals surface area contributed by atoms with E-state index in [0.29, 0.717) is 18.0 Å². The first kappa shape index (κ1) is 11.4. The number of hydrogen-bond acceptors (Lipinski definition) is 4. The van der Waals surface area contributed by atoms with Crippen molar-refractivity contribution in [3.8, 4) is 0 Å². The van der Waals surface area contributed by atoms with Gasteiger partial charge in [-0.3, -0.25) is 4.79 Å². The Morgan fingerprint density at radius 3 is 2.56 bits per heavy atom. The summed E-state index contributed by atoms with van der Waals surface area (Å²) in [4.78, 5) is 22.4. The first-order valence-corrected chi connectivity index (χ1v) is 6.68. The number of hydrogen-bond donors (Lipinski definition) is 1. The van der Waals surface area contributed by atoms with E-state index in [1.54, 1.807) is 12.4 Å². The second kappa shape index (κ2) is 4.92. The molecule has 1 amide bonds. The van der Waals surface area contributed by atoms with Crippen LogP contribution in [0.1, 0.15) is 32.1 Å². The molecule has 3 rings (SSSR count). The summed E-state index contributed by atoms with van der Waals surface area (Å²) in [5.74, 6) is 1.46. The lowest BCUT2D eigenvalue weighted by Crippen LogP contribution is -2.20. The second-order valence-electron chi connectivity index (χ2n) is 5.16. The maximum Gasteiger partial charge on any atom is 0.225 e. The Bertz CT molecular complexity index is 421. The summed E-state index contributed by atoms with van der Waals surface area (Å²) in [7, 11) is 0. The third-order valence-corrected chi connectivity index (χ3v) is 3.48. The van der Waals surface area contributed by atoms with Crippen molar-refractivity contribution < 1.29 is 4.79 Å². The molecule has 0 spiro atoms. The number of carbonyl (C=O) groups is 1. The standard InChI is InChI=1S/C13H18N4O/c18-12(7-10-3-4-10)16-11-8-14-13(15-9-11)17-5-1-2-6-17/h8-10H,1-7H2,(H,16,18). The summed E-state index contributed by atoms with van der Waals surface area (Å²) < 4.78 is 0. The minimum absolute atomic E-state index is 0.0787. The Hall–Kier alpha value is -1.65. The summed E-state index contributed by atoms with van der Waals surface area (Å²) in [6.45, 7) is 2.07. The van der Waals surface area contributed by atoms with Crippen LogP contribution in [-0.4, -0.2) is 29.0 Å². The van der Waals surface area contributed by atoms with Gasteiger partial charge in [0.25, 0.3) is 0 Å². The van der Waals surface area contributed by atoms with Crippen LogP contribution in [0.4, 0.5) is 11.6 Å². The molecule has 1 saturated carbocycles. The van der Waals surface area contributed by atoms with Gasteiger partial charge in [-0.2, -0.15) is 0 Å². The summed E-state index contributed by atoms with van der Waals surface area (Å²) in [6, 6.07) is 0. The minimum Gasteiger partial charge on any atom is -0.341 e. The quantitative estimate of drug-likeness (QED) is 0.880. The molecule has 1 aliphatic carbocycles. The fourth-order valence-corrected chi connectivity index (χ4v) is 2.26. The maximum absolute atomic E-state index is 11.6. The number of nitrogens with zero attached hydrogens (tertiary/aromatic N) is 3. The Kier molecular flexibility index (Phi) is 3.13. The topological polar surface area (TPSA) is 58.1 Å². The Morgan fingerprint density at radius 1 is 1.28 bits per heavy atom. The average molecular weight is 246 g/mol. The second-order valence-corrected chi connectivity index (χ2v) is 5.16. The predicted molar refractivity (Wildman–Crippen MR) is 69.4 cm³/mol. The van der Waals surface area contributed by atoms with Crippen LogP contribution in [0.2, 0.25) is 0 Å². The van der Waals surface area contributed by atoms with Crippen molar-refractivity contribution in [2.24, 2.45) is 5.92 Å². The third kappa shape index (κ3) is 2.78. The summed E-state index contributed by atoms with van der Waals surface area (Å²) in [6.07, 6.45) is 8.84. The van der Waals surface area contributed by atoms with Crippen molar-refractivity contribution in [2.75, 3.05) is 23.3 Å².